The highest BCUT2D eigenvalue weighted by molar-refractivity contribution is 6.30. The Bertz CT molecular complexity index is 1120. The van der Waals surface area contributed by atoms with E-state index in [4.69, 9.17) is 21.4 Å². The fraction of sp³-hybridized carbons (Fsp3) is 0.280. The Kier molecular flexibility index (Phi) is 7.30. The summed E-state index contributed by atoms with van der Waals surface area (Å²) in [6.07, 6.45) is 3.03. The van der Waals surface area contributed by atoms with Crippen LogP contribution in [0, 0.1) is 16.5 Å². The van der Waals surface area contributed by atoms with Crippen molar-refractivity contribution in [3.63, 3.8) is 0 Å². The van der Waals surface area contributed by atoms with E-state index in [1.165, 1.54) is 12.4 Å². The molecule has 7 nitrogen and oxygen atoms in total. The molecule has 0 saturated carbocycles. The Hall–Kier alpha value is -3.31. The van der Waals surface area contributed by atoms with Crippen LogP contribution in [0.25, 0.3) is 0 Å². The van der Waals surface area contributed by atoms with Gasteiger partial charge in [-0.1, -0.05) is 23.7 Å². The number of aliphatic hydroxyl groups excluding tert-OH is 1. The molecular weight excluding hydrogens is 440 g/mol. The lowest BCUT2D eigenvalue weighted by molar-refractivity contribution is -0.605. The lowest BCUT2D eigenvalue weighted by Crippen LogP contribution is -2.48. The summed E-state index contributed by atoms with van der Waals surface area (Å²) in [5.74, 6) is 0.561. The van der Waals surface area contributed by atoms with Gasteiger partial charge < -0.3 is 20.0 Å². The van der Waals surface area contributed by atoms with Gasteiger partial charge in [0.25, 0.3) is 0 Å². The average Bonchev–Trinajstić information content (AvgIpc) is 2.84. The van der Waals surface area contributed by atoms with Gasteiger partial charge in [0.05, 0.1) is 23.9 Å². The molecule has 1 fully saturated rings. The third kappa shape index (κ3) is 5.55. The van der Waals surface area contributed by atoms with E-state index in [1.54, 1.807) is 6.07 Å². The zero-order valence-corrected chi connectivity index (χ0v) is 18.9. The van der Waals surface area contributed by atoms with Gasteiger partial charge in [-0.25, -0.2) is 0 Å². The molecule has 4 rings (SSSR count). The van der Waals surface area contributed by atoms with Crippen molar-refractivity contribution in [2.45, 2.75) is 12.6 Å². The number of piperazine rings is 1. The first-order chi connectivity index (χ1) is 16.1. The maximum Gasteiger partial charge on any atom is 0.180 e. The largest absolute Gasteiger partial charge is 0.619 e. The fourth-order valence-corrected chi connectivity index (χ4v) is 4.28. The number of pyridine rings is 1. The van der Waals surface area contributed by atoms with Crippen LogP contribution in [0.15, 0.2) is 67.0 Å². The Morgan fingerprint density at radius 3 is 2.58 bits per heavy atom. The quantitative estimate of drug-likeness (QED) is 0.426. The molecule has 0 bridgehead atoms. The van der Waals surface area contributed by atoms with Gasteiger partial charge in [-0.3, -0.25) is 4.90 Å². The first-order valence-corrected chi connectivity index (χ1v) is 11.1. The summed E-state index contributed by atoms with van der Waals surface area (Å²) in [7, 11) is 0. The maximum absolute atomic E-state index is 11.4. The van der Waals surface area contributed by atoms with Crippen molar-refractivity contribution in [3.8, 4) is 11.8 Å². The first-order valence-electron chi connectivity index (χ1n) is 10.8. The maximum atomic E-state index is 11.4. The minimum atomic E-state index is -0.0829. The van der Waals surface area contributed by atoms with Crippen molar-refractivity contribution >= 4 is 17.3 Å². The molecule has 1 aliphatic heterocycles. The molecule has 1 aromatic heterocycles. The number of rotatable bonds is 7. The monoisotopic (exact) mass is 464 g/mol. The number of aromatic nitrogens is 1. The number of ether oxygens (including phenoxy) is 1. The molecule has 33 heavy (non-hydrogen) atoms. The highest BCUT2D eigenvalue weighted by Gasteiger charge is 2.30. The molecule has 0 amide bonds. The van der Waals surface area contributed by atoms with Crippen molar-refractivity contribution in [1.82, 2.24) is 4.90 Å². The molecule has 1 atom stereocenters. The number of aliphatic hydroxyl groups is 1. The molecule has 170 valence electrons. The molecule has 1 saturated heterocycles. The predicted molar refractivity (Wildman–Crippen MR) is 126 cm³/mol. The normalized spacial score (nSPS) is 16.4. The zero-order valence-electron chi connectivity index (χ0n) is 18.1. The first kappa shape index (κ1) is 22.9. The topological polar surface area (TPSA) is 86.7 Å². The summed E-state index contributed by atoms with van der Waals surface area (Å²) in [4.78, 5) is 4.61. The zero-order chi connectivity index (χ0) is 23.2. The summed E-state index contributed by atoms with van der Waals surface area (Å²) >= 11 is 6.13. The summed E-state index contributed by atoms with van der Waals surface area (Å²) in [5.41, 5.74) is 3.56. The molecule has 0 aliphatic carbocycles. The van der Waals surface area contributed by atoms with Gasteiger partial charge in [0.15, 0.2) is 12.4 Å². The number of halogens is 1. The molecule has 1 aliphatic rings. The van der Waals surface area contributed by atoms with Crippen molar-refractivity contribution in [2.75, 3.05) is 37.7 Å². The Morgan fingerprint density at radius 2 is 1.88 bits per heavy atom. The van der Waals surface area contributed by atoms with E-state index in [1.807, 2.05) is 48.5 Å². The minimum Gasteiger partial charge on any atom is -0.619 e. The Morgan fingerprint density at radius 1 is 1.12 bits per heavy atom. The number of hydrogen-bond donors (Lipinski definition) is 1. The van der Waals surface area contributed by atoms with Gasteiger partial charge in [-0.2, -0.15) is 9.99 Å². The molecule has 0 spiro atoms. The fourth-order valence-electron chi connectivity index (χ4n) is 4.16. The van der Waals surface area contributed by atoms with Gasteiger partial charge >= 0.3 is 0 Å². The third-order valence-corrected chi connectivity index (χ3v) is 6.01. The van der Waals surface area contributed by atoms with Crippen molar-refractivity contribution < 1.29 is 14.6 Å². The standard InChI is InChI=1S/C25H25ClN4O3/c26-22-3-1-20(2-4-22)25-18-28(17-19-7-9-29(32)10-8-19)11-12-30(25)24-6-5-23(33-14-13-31)15-21(24)16-27/h1-10,15,25,31H,11-14,17-18H2/t25-/m0/s1. The second-order valence-electron chi connectivity index (χ2n) is 7.92. The lowest BCUT2D eigenvalue weighted by atomic mass is 9.99. The van der Waals surface area contributed by atoms with Crippen LogP contribution in [0.4, 0.5) is 5.69 Å². The van der Waals surface area contributed by atoms with Crippen molar-refractivity contribution in [3.05, 3.63) is 93.9 Å². The second-order valence-corrected chi connectivity index (χ2v) is 8.36. The van der Waals surface area contributed by atoms with Gasteiger partial charge in [0, 0.05) is 43.3 Å². The average molecular weight is 465 g/mol. The molecular formula is C25H25ClN4O3. The van der Waals surface area contributed by atoms with Crippen molar-refractivity contribution in [2.24, 2.45) is 0 Å². The third-order valence-electron chi connectivity index (χ3n) is 5.75. The molecule has 0 unspecified atom stereocenters. The van der Waals surface area contributed by atoms with Gasteiger partial charge in [0.1, 0.15) is 18.4 Å². The number of nitriles is 1. The summed E-state index contributed by atoms with van der Waals surface area (Å²) < 4.78 is 6.28. The number of nitrogens with zero attached hydrogens (tertiary/aromatic N) is 4. The molecule has 0 radical (unpaired) electrons. The van der Waals surface area contributed by atoms with E-state index in [-0.39, 0.29) is 19.3 Å². The predicted octanol–water partition coefficient (Wildman–Crippen LogP) is 3.28. The molecule has 3 aromatic rings. The van der Waals surface area contributed by atoms with Gasteiger partial charge in [-0.15, -0.1) is 0 Å². The van der Waals surface area contributed by atoms with E-state index in [0.29, 0.717) is 16.3 Å². The highest BCUT2D eigenvalue weighted by atomic mass is 35.5. The number of anilines is 1. The van der Waals surface area contributed by atoms with Crippen LogP contribution in [0.1, 0.15) is 22.7 Å². The van der Waals surface area contributed by atoms with Crippen LogP contribution in [-0.2, 0) is 6.54 Å². The number of hydrogen-bond acceptors (Lipinski definition) is 6. The molecule has 1 N–H and O–H groups in total. The Balaban J connectivity index is 1.62. The number of benzene rings is 2. The van der Waals surface area contributed by atoms with E-state index in [0.717, 1.165) is 47.7 Å². The Labute approximate surface area is 198 Å². The van der Waals surface area contributed by atoms with E-state index in [9.17, 15) is 10.5 Å². The second kappa shape index (κ2) is 10.5. The molecule has 8 heteroatoms. The van der Waals surface area contributed by atoms with E-state index >= 15 is 0 Å². The SMILES string of the molecule is N#Cc1cc(OCCO)ccc1N1CCN(Cc2cc[n+]([O-])cc2)C[C@H]1c1ccc(Cl)cc1. The van der Waals surface area contributed by atoms with Crippen LogP contribution in [0.2, 0.25) is 5.02 Å². The van der Waals surface area contributed by atoms with Crippen molar-refractivity contribution in [1.29, 1.82) is 5.26 Å². The highest BCUT2D eigenvalue weighted by Crippen LogP contribution is 2.35. The molecule has 2 aromatic carbocycles. The van der Waals surface area contributed by atoms with Crippen LogP contribution in [-0.4, -0.2) is 42.9 Å². The van der Waals surface area contributed by atoms with Gasteiger partial charge in [0.2, 0.25) is 0 Å². The summed E-state index contributed by atoms with van der Waals surface area (Å²) in [5, 5.41) is 30.9. The van der Waals surface area contributed by atoms with Crippen LogP contribution in [0.3, 0.4) is 0 Å². The van der Waals surface area contributed by atoms with Crippen LogP contribution in [0.5, 0.6) is 5.75 Å². The summed E-state index contributed by atoms with van der Waals surface area (Å²) in [6, 6.07) is 19.3. The van der Waals surface area contributed by atoms with Crippen LogP contribution >= 0.6 is 11.6 Å². The van der Waals surface area contributed by atoms with E-state index in [2.05, 4.69) is 15.9 Å². The van der Waals surface area contributed by atoms with E-state index < -0.39 is 0 Å². The lowest BCUT2D eigenvalue weighted by Gasteiger charge is -2.43. The minimum absolute atomic E-state index is 0.0143. The van der Waals surface area contributed by atoms with Gasteiger partial charge in [-0.05, 0) is 41.5 Å². The van der Waals surface area contributed by atoms with Crippen LogP contribution < -0.4 is 14.4 Å². The molecule has 2 heterocycles. The smallest absolute Gasteiger partial charge is 0.180 e. The summed E-state index contributed by atoms with van der Waals surface area (Å²) in [6.45, 7) is 3.12.